The lowest BCUT2D eigenvalue weighted by molar-refractivity contribution is 0.126. The van der Waals surface area contributed by atoms with Crippen molar-refractivity contribution >= 4 is 22.9 Å². The first kappa shape index (κ1) is 14.9. The lowest BCUT2D eigenvalue weighted by Gasteiger charge is -2.05. The second kappa shape index (κ2) is 8.90. The van der Waals surface area contributed by atoms with Crippen LogP contribution < -0.4 is 0 Å². The number of rotatable bonds is 9. The molecule has 2 nitrogen and oxygen atoms in total. The Bertz CT molecular complexity index is 301. The summed E-state index contributed by atoms with van der Waals surface area (Å²) in [5, 5.41) is 3.21. The summed E-state index contributed by atoms with van der Waals surface area (Å²) in [5.41, 5.74) is 0.990. The van der Waals surface area contributed by atoms with Gasteiger partial charge in [0.2, 0.25) is 0 Å². The number of alkyl halides is 1. The molecule has 1 rings (SSSR count). The smallest absolute Gasteiger partial charge is 0.0929 e. The van der Waals surface area contributed by atoms with Gasteiger partial charge in [0.05, 0.1) is 16.6 Å². The summed E-state index contributed by atoms with van der Waals surface area (Å²) in [6, 6.07) is 0. The molecule has 0 aliphatic carbocycles. The van der Waals surface area contributed by atoms with Gasteiger partial charge in [0.25, 0.3) is 0 Å². The standard InChI is InChI=1S/C13H22ClNOS/c1-11(2)5-3-7-16-8-4-6-13-15-12(9-14)10-17-13/h10-11H,3-9H2,1-2H3. The predicted octanol–water partition coefficient (Wildman–Crippen LogP) is 4.27. The minimum atomic E-state index is 0.516. The van der Waals surface area contributed by atoms with Crippen molar-refractivity contribution in [3.05, 3.63) is 16.1 Å². The number of aromatic nitrogens is 1. The molecule has 0 saturated heterocycles. The Labute approximate surface area is 113 Å². The van der Waals surface area contributed by atoms with E-state index in [0.717, 1.165) is 37.7 Å². The van der Waals surface area contributed by atoms with Crippen LogP contribution >= 0.6 is 22.9 Å². The molecular weight excluding hydrogens is 254 g/mol. The van der Waals surface area contributed by atoms with Crippen molar-refractivity contribution in [3.8, 4) is 0 Å². The minimum absolute atomic E-state index is 0.516. The highest BCUT2D eigenvalue weighted by Crippen LogP contribution is 2.13. The first-order valence-corrected chi connectivity index (χ1v) is 7.70. The van der Waals surface area contributed by atoms with E-state index in [2.05, 4.69) is 18.8 Å². The van der Waals surface area contributed by atoms with Crippen molar-refractivity contribution in [2.75, 3.05) is 13.2 Å². The summed E-state index contributed by atoms with van der Waals surface area (Å²) in [5.74, 6) is 1.30. The molecule has 0 aliphatic heterocycles. The van der Waals surface area contributed by atoms with Crippen molar-refractivity contribution in [1.29, 1.82) is 0 Å². The van der Waals surface area contributed by atoms with Crippen LogP contribution in [0.2, 0.25) is 0 Å². The fourth-order valence-electron chi connectivity index (χ4n) is 1.55. The monoisotopic (exact) mass is 275 g/mol. The van der Waals surface area contributed by atoms with Gasteiger partial charge in [0.1, 0.15) is 0 Å². The molecule has 0 fully saturated rings. The molecule has 0 bridgehead atoms. The molecule has 0 aliphatic rings. The lowest BCUT2D eigenvalue weighted by atomic mass is 10.1. The van der Waals surface area contributed by atoms with Crippen molar-refractivity contribution in [2.45, 2.75) is 45.4 Å². The zero-order valence-electron chi connectivity index (χ0n) is 10.7. The molecule has 0 radical (unpaired) electrons. The first-order chi connectivity index (χ1) is 8.22. The average Bonchev–Trinajstić information content (AvgIpc) is 2.75. The largest absolute Gasteiger partial charge is 0.381 e. The third-order valence-electron chi connectivity index (χ3n) is 2.49. The van der Waals surface area contributed by atoms with Gasteiger partial charge in [0, 0.05) is 25.0 Å². The molecule has 1 heterocycles. The molecule has 0 unspecified atom stereocenters. The van der Waals surface area contributed by atoms with Gasteiger partial charge in [-0.25, -0.2) is 4.98 Å². The van der Waals surface area contributed by atoms with Crippen LogP contribution in [0.15, 0.2) is 5.38 Å². The van der Waals surface area contributed by atoms with E-state index in [-0.39, 0.29) is 0 Å². The van der Waals surface area contributed by atoms with Crippen LogP contribution in [-0.4, -0.2) is 18.2 Å². The van der Waals surface area contributed by atoms with Crippen molar-refractivity contribution in [1.82, 2.24) is 4.98 Å². The van der Waals surface area contributed by atoms with Gasteiger partial charge >= 0.3 is 0 Å². The highest BCUT2D eigenvalue weighted by atomic mass is 35.5. The Morgan fingerprint density at radius 3 is 2.76 bits per heavy atom. The van der Waals surface area contributed by atoms with Crippen molar-refractivity contribution in [2.24, 2.45) is 5.92 Å². The number of hydrogen-bond acceptors (Lipinski definition) is 3. The van der Waals surface area contributed by atoms with Gasteiger partial charge in [-0.15, -0.1) is 22.9 Å². The van der Waals surface area contributed by atoms with Gasteiger partial charge in [0.15, 0.2) is 0 Å². The summed E-state index contributed by atoms with van der Waals surface area (Å²) in [7, 11) is 0. The van der Waals surface area contributed by atoms with E-state index in [4.69, 9.17) is 16.3 Å². The second-order valence-electron chi connectivity index (χ2n) is 4.62. The Kier molecular flexibility index (Phi) is 7.82. The zero-order chi connectivity index (χ0) is 12.5. The number of nitrogens with zero attached hydrogens (tertiary/aromatic N) is 1. The quantitative estimate of drug-likeness (QED) is 0.496. The fraction of sp³-hybridized carbons (Fsp3) is 0.769. The molecule has 1 aromatic heterocycles. The molecule has 0 amide bonds. The predicted molar refractivity (Wildman–Crippen MR) is 74.9 cm³/mol. The fourth-order valence-corrected chi connectivity index (χ4v) is 2.61. The molecule has 1 aromatic rings. The Morgan fingerprint density at radius 1 is 1.35 bits per heavy atom. The summed E-state index contributed by atoms with van der Waals surface area (Å²) in [6.45, 7) is 6.23. The Balaban J connectivity index is 1.97. The maximum atomic E-state index is 5.70. The van der Waals surface area contributed by atoms with E-state index in [1.807, 2.05) is 5.38 Å². The van der Waals surface area contributed by atoms with E-state index in [1.54, 1.807) is 11.3 Å². The van der Waals surface area contributed by atoms with Crippen molar-refractivity contribution < 1.29 is 4.74 Å². The van der Waals surface area contributed by atoms with E-state index in [0.29, 0.717) is 5.88 Å². The number of thiazole rings is 1. The Morgan fingerprint density at radius 2 is 2.12 bits per heavy atom. The SMILES string of the molecule is CC(C)CCCOCCCc1nc(CCl)cs1. The van der Waals surface area contributed by atoms with Gasteiger partial charge in [-0.1, -0.05) is 13.8 Å². The van der Waals surface area contributed by atoms with Crippen LogP contribution in [0.25, 0.3) is 0 Å². The molecule has 0 N–H and O–H groups in total. The lowest BCUT2D eigenvalue weighted by Crippen LogP contribution is -2.00. The molecule has 0 aromatic carbocycles. The number of halogens is 1. The van der Waals surface area contributed by atoms with E-state index in [1.165, 1.54) is 17.8 Å². The number of hydrogen-bond donors (Lipinski definition) is 0. The maximum absolute atomic E-state index is 5.70. The van der Waals surface area contributed by atoms with E-state index < -0.39 is 0 Å². The molecule has 0 atom stereocenters. The zero-order valence-corrected chi connectivity index (χ0v) is 12.3. The van der Waals surface area contributed by atoms with Crippen LogP contribution in [0.4, 0.5) is 0 Å². The van der Waals surface area contributed by atoms with E-state index in [9.17, 15) is 0 Å². The third kappa shape index (κ3) is 7.02. The van der Waals surface area contributed by atoms with Gasteiger partial charge in [-0.05, 0) is 25.2 Å². The van der Waals surface area contributed by atoms with Crippen LogP contribution in [0, 0.1) is 5.92 Å². The molecule has 0 spiro atoms. The maximum Gasteiger partial charge on any atom is 0.0929 e. The van der Waals surface area contributed by atoms with Crippen molar-refractivity contribution in [3.63, 3.8) is 0 Å². The highest BCUT2D eigenvalue weighted by Gasteiger charge is 2.01. The number of ether oxygens (including phenoxy) is 1. The summed E-state index contributed by atoms with van der Waals surface area (Å²) in [4.78, 5) is 4.42. The molecule has 4 heteroatoms. The van der Waals surface area contributed by atoms with Crippen LogP contribution in [0.3, 0.4) is 0 Å². The minimum Gasteiger partial charge on any atom is -0.381 e. The van der Waals surface area contributed by atoms with E-state index >= 15 is 0 Å². The van der Waals surface area contributed by atoms with Crippen LogP contribution in [0.5, 0.6) is 0 Å². The summed E-state index contributed by atoms with van der Waals surface area (Å²) in [6.07, 6.45) is 4.49. The van der Waals surface area contributed by atoms with Gasteiger partial charge < -0.3 is 4.74 Å². The normalized spacial score (nSPS) is 11.3. The summed E-state index contributed by atoms with van der Waals surface area (Å²) >= 11 is 7.40. The molecule has 0 saturated carbocycles. The topological polar surface area (TPSA) is 22.1 Å². The first-order valence-electron chi connectivity index (χ1n) is 6.29. The molecular formula is C13H22ClNOS. The van der Waals surface area contributed by atoms with Crippen LogP contribution in [0.1, 0.15) is 43.8 Å². The molecule has 17 heavy (non-hydrogen) atoms. The van der Waals surface area contributed by atoms with Gasteiger partial charge in [-0.3, -0.25) is 0 Å². The average molecular weight is 276 g/mol. The molecule has 98 valence electrons. The Hall–Kier alpha value is -0.120. The number of aryl methyl sites for hydroxylation is 1. The third-order valence-corrected chi connectivity index (χ3v) is 3.72. The summed E-state index contributed by atoms with van der Waals surface area (Å²) < 4.78 is 5.59. The van der Waals surface area contributed by atoms with Crippen LogP contribution in [-0.2, 0) is 17.0 Å². The highest BCUT2D eigenvalue weighted by molar-refractivity contribution is 7.09. The van der Waals surface area contributed by atoms with Gasteiger partial charge in [-0.2, -0.15) is 0 Å². The second-order valence-corrected chi connectivity index (χ2v) is 5.83.